The van der Waals surface area contributed by atoms with E-state index >= 15 is 0 Å². The standard InChI is InChI=1S/C18H20O4/c1-4-22-12(2)14-7-5-6-8-15(14)13-9-10-16(18(19)20)17(11-13)21-3/h5-12H,4H2,1-3H3,(H,19,20). The molecule has 0 heterocycles. The van der Waals surface area contributed by atoms with E-state index in [4.69, 9.17) is 9.47 Å². The van der Waals surface area contributed by atoms with Gasteiger partial charge in [0.25, 0.3) is 0 Å². The molecule has 1 unspecified atom stereocenters. The van der Waals surface area contributed by atoms with Crippen molar-refractivity contribution in [1.29, 1.82) is 0 Å². The summed E-state index contributed by atoms with van der Waals surface area (Å²) in [5, 5.41) is 9.17. The molecule has 2 aromatic rings. The first-order valence-electron chi connectivity index (χ1n) is 7.20. The van der Waals surface area contributed by atoms with E-state index in [2.05, 4.69) is 0 Å². The minimum absolute atomic E-state index is 0.0358. The smallest absolute Gasteiger partial charge is 0.339 e. The van der Waals surface area contributed by atoms with Crippen molar-refractivity contribution in [3.8, 4) is 16.9 Å². The summed E-state index contributed by atoms with van der Waals surface area (Å²) in [4.78, 5) is 11.2. The monoisotopic (exact) mass is 300 g/mol. The molecule has 0 saturated heterocycles. The Morgan fingerprint density at radius 3 is 2.59 bits per heavy atom. The van der Waals surface area contributed by atoms with Crippen LogP contribution in [-0.2, 0) is 4.74 Å². The molecule has 0 aliphatic carbocycles. The summed E-state index contributed by atoms with van der Waals surface area (Å²) in [5.74, 6) is -0.650. The fourth-order valence-electron chi connectivity index (χ4n) is 2.49. The Balaban J connectivity index is 2.50. The van der Waals surface area contributed by atoms with Gasteiger partial charge in [-0.3, -0.25) is 0 Å². The number of benzene rings is 2. The van der Waals surface area contributed by atoms with E-state index in [0.29, 0.717) is 12.4 Å². The lowest BCUT2D eigenvalue weighted by Gasteiger charge is -2.17. The lowest BCUT2D eigenvalue weighted by atomic mass is 9.95. The highest BCUT2D eigenvalue weighted by Crippen LogP contribution is 2.33. The number of aromatic carboxylic acids is 1. The maximum atomic E-state index is 11.2. The van der Waals surface area contributed by atoms with Gasteiger partial charge in [0.05, 0.1) is 13.2 Å². The van der Waals surface area contributed by atoms with E-state index in [-0.39, 0.29) is 11.7 Å². The van der Waals surface area contributed by atoms with Crippen molar-refractivity contribution in [1.82, 2.24) is 0 Å². The zero-order chi connectivity index (χ0) is 16.1. The highest BCUT2D eigenvalue weighted by molar-refractivity contribution is 5.92. The fraction of sp³-hybridized carbons (Fsp3) is 0.278. The van der Waals surface area contributed by atoms with E-state index in [1.165, 1.54) is 7.11 Å². The van der Waals surface area contributed by atoms with Gasteiger partial charge in [0.1, 0.15) is 11.3 Å². The largest absolute Gasteiger partial charge is 0.496 e. The van der Waals surface area contributed by atoms with E-state index in [1.54, 1.807) is 18.2 Å². The summed E-state index contributed by atoms with van der Waals surface area (Å²) in [6.45, 7) is 4.60. The molecular weight excluding hydrogens is 280 g/mol. The van der Waals surface area contributed by atoms with E-state index in [0.717, 1.165) is 16.7 Å². The lowest BCUT2D eigenvalue weighted by molar-refractivity contribution is 0.0693. The lowest BCUT2D eigenvalue weighted by Crippen LogP contribution is -2.03. The van der Waals surface area contributed by atoms with E-state index in [9.17, 15) is 9.90 Å². The molecule has 2 rings (SSSR count). The molecule has 0 fully saturated rings. The Kier molecular flexibility index (Phi) is 5.17. The van der Waals surface area contributed by atoms with Gasteiger partial charge in [-0.05, 0) is 42.7 Å². The Morgan fingerprint density at radius 1 is 1.23 bits per heavy atom. The quantitative estimate of drug-likeness (QED) is 0.870. The molecule has 0 spiro atoms. The highest BCUT2D eigenvalue weighted by atomic mass is 16.5. The Bertz CT molecular complexity index is 664. The molecule has 4 nitrogen and oxygen atoms in total. The summed E-state index contributed by atoms with van der Waals surface area (Å²) in [6.07, 6.45) is -0.0358. The number of ether oxygens (including phenoxy) is 2. The SMILES string of the molecule is CCOC(C)c1ccccc1-c1ccc(C(=O)O)c(OC)c1. The van der Waals surface area contributed by atoms with Crippen molar-refractivity contribution < 1.29 is 19.4 Å². The molecule has 116 valence electrons. The van der Waals surface area contributed by atoms with Crippen molar-refractivity contribution in [2.45, 2.75) is 20.0 Å². The van der Waals surface area contributed by atoms with Gasteiger partial charge in [0.2, 0.25) is 0 Å². The summed E-state index contributed by atoms with van der Waals surface area (Å²) in [5.41, 5.74) is 3.14. The van der Waals surface area contributed by atoms with Crippen molar-refractivity contribution in [2.75, 3.05) is 13.7 Å². The first-order valence-corrected chi connectivity index (χ1v) is 7.20. The molecule has 0 amide bonds. The molecule has 0 radical (unpaired) electrons. The Hall–Kier alpha value is -2.33. The number of methoxy groups -OCH3 is 1. The van der Waals surface area contributed by atoms with Gasteiger partial charge in [-0.1, -0.05) is 30.3 Å². The van der Waals surface area contributed by atoms with Crippen molar-refractivity contribution >= 4 is 5.97 Å². The van der Waals surface area contributed by atoms with Crippen LogP contribution >= 0.6 is 0 Å². The van der Waals surface area contributed by atoms with Crippen LogP contribution in [0.25, 0.3) is 11.1 Å². The molecule has 2 aromatic carbocycles. The van der Waals surface area contributed by atoms with Crippen LogP contribution in [0.5, 0.6) is 5.75 Å². The third-order valence-electron chi connectivity index (χ3n) is 3.56. The van der Waals surface area contributed by atoms with Crippen LogP contribution in [0.2, 0.25) is 0 Å². The molecule has 0 aromatic heterocycles. The number of carboxylic acid groups (broad SMARTS) is 1. The highest BCUT2D eigenvalue weighted by Gasteiger charge is 2.15. The van der Waals surface area contributed by atoms with Gasteiger partial charge in [-0.2, -0.15) is 0 Å². The number of hydrogen-bond donors (Lipinski definition) is 1. The summed E-state index contributed by atoms with van der Waals surface area (Å²) in [7, 11) is 1.47. The third kappa shape index (κ3) is 3.28. The Morgan fingerprint density at radius 2 is 1.95 bits per heavy atom. The summed E-state index contributed by atoms with van der Waals surface area (Å²) < 4.78 is 10.9. The maximum Gasteiger partial charge on any atom is 0.339 e. The molecule has 0 saturated carbocycles. The number of carboxylic acids is 1. The molecule has 4 heteroatoms. The minimum atomic E-state index is -1.00. The van der Waals surface area contributed by atoms with Gasteiger partial charge in [-0.15, -0.1) is 0 Å². The maximum absolute atomic E-state index is 11.2. The second kappa shape index (κ2) is 7.09. The van der Waals surface area contributed by atoms with Crippen LogP contribution in [0.1, 0.15) is 35.9 Å². The van der Waals surface area contributed by atoms with Crippen LogP contribution in [0.3, 0.4) is 0 Å². The zero-order valence-corrected chi connectivity index (χ0v) is 13.0. The molecule has 1 atom stereocenters. The average Bonchev–Trinajstić information content (AvgIpc) is 2.54. The van der Waals surface area contributed by atoms with Gasteiger partial charge in [0, 0.05) is 6.61 Å². The van der Waals surface area contributed by atoms with Gasteiger partial charge < -0.3 is 14.6 Å². The second-order valence-corrected chi connectivity index (χ2v) is 4.91. The first-order chi connectivity index (χ1) is 10.6. The van der Waals surface area contributed by atoms with Gasteiger partial charge in [-0.25, -0.2) is 4.79 Å². The molecule has 1 N–H and O–H groups in total. The predicted molar refractivity (Wildman–Crippen MR) is 85.4 cm³/mol. The number of carbonyl (C=O) groups is 1. The second-order valence-electron chi connectivity index (χ2n) is 4.91. The fourth-order valence-corrected chi connectivity index (χ4v) is 2.49. The van der Waals surface area contributed by atoms with E-state index in [1.807, 2.05) is 38.1 Å². The molecule has 0 bridgehead atoms. The van der Waals surface area contributed by atoms with Crippen LogP contribution < -0.4 is 4.74 Å². The molecular formula is C18H20O4. The minimum Gasteiger partial charge on any atom is -0.496 e. The van der Waals surface area contributed by atoms with Crippen LogP contribution in [0, 0.1) is 0 Å². The van der Waals surface area contributed by atoms with Crippen LogP contribution in [0.15, 0.2) is 42.5 Å². The van der Waals surface area contributed by atoms with Crippen molar-refractivity contribution in [3.63, 3.8) is 0 Å². The summed E-state index contributed by atoms with van der Waals surface area (Å²) >= 11 is 0. The van der Waals surface area contributed by atoms with Crippen LogP contribution in [-0.4, -0.2) is 24.8 Å². The average molecular weight is 300 g/mol. The Labute approximate surface area is 130 Å². The van der Waals surface area contributed by atoms with Gasteiger partial charge >= 0.3 is 5.97 Å². The number of hydrogen-bond acceptors (Lipinski definition) is 3. The van der Waals surface area contributed by atoms with Gasteiger partial charge in [0.15, 0.2) is 0 Å². The predicted octanol–water partition coefficient (Wildman–Crippen LogP) is 4.16. The zero-order valence-electron chi connectivity index (χ0n) is 13.0. The molecule has 0 aliphatic rings. The topological polar surface area (TPSA) is 55.8 Å². The van der Waals surface area contributed by atoms with Crippen LogP contribution in [0.4, 0.5) is 0 Å². The normalized spacial score (nSPS) is 12.0. The molecule has 0 aliphatic heterocycles. The first kappa shape index (κ1) is 16.0. The third-order valence-corrected chi connectivity index (χ3v) is 3.56. The summed E-state index contributed by atoms with van der Waals surface area (Å²) in [6, 6.07) is 13.1. The van der Waals surface area contributed by atoms with E-state index < -0.39 is 5.97 Å². The van der Waals surface area contributed by atoms with Crippen molar-refractivity contribution in [3.05, 3.63) is 53.6 Å². The number of rotatable bonds is 6. The molecule has 22 heavy (non-hydrogen) atoms. The van der Waals surface area contributed by atoms with Crippen molar-refractivity contribution in [2.24, 2.45) is 0 Å².